The lowest BCUT2D eigenvalue weighted by Gasteiger charge is -2.28. The molecule has 152 valence electrons. The van der Waals surface area contributed by atoms with Crippen molar-refractivity contribution >= 4 is 10.8 Å². The van der Waals surface area contributed by atoms with Crippen molar-refractivity contribution in [3.8, 4) is 22.3 Å². The van der Waals surface area contributed by atoms with Gasteiger partial charge >= 0.3 is 0 Å². The molecule has 0 atom stereocenters. The van der Waals surface area contributed by atoms with Crippen molar-refractivity contribution in [3.05, 3.63) is 96.1 Å². The van der Waals surface area contributed by atoms with Crippen LogP contribution in [0.15, 0.2) is 84.9 Å². The number of benzene rings is 4. The summed E-state index contributed by atoms with van der Waals surface area (Å²) in [6, 6.07) is 31.2. The average molecular weight is 393 g/mol. The summed E-state index contributed by atoms with van der Waals surface area (Å²) in [7, 11) is 0. The molecule has 0 aliphatic carbocycles. The van der Waals surface area contributed by atoms with Gasteiger partial charge in [-0.2, -0.15) is 0 Å². The third kappa shape index (κ3) is 3.79. The lowest BCUT2D eigenvalue weighted by molar-refractivity contribution is 0.590. The highest BCUT2D eigenvalue weighted by Crippen LogP contribution is 2.44. The molecule has 0 unspecified atom stereocenters. The van der Waals surface area contributed by atoms with Gasteiger partial charge < -0.3 is 0 Å². The molecule has 0 aliphatic heterocycles. The first kappa shape index (κ1) is 20.4. The van der Waals surface area contributed by atoms with E-state index in [9.17, 15) is 0 Å². The Morgan fingerprint density at radius 1 is 0.500 bits per heavy atom. The van der Waals surface area contributed by atoms with E-state index in [1.54, 1.807) is 0 Å². The lowest BCUT2D eigenvalue weighted by Crippen LogP contribution is -2.14. The van der Waals surface area contributed by atoms with Crippen LogP contribution in [-0.4, -0.2) is 0 Å². The van der Waals surface area contributed by atoms with Crippen LogP contribution in [0.3, 0.4) is 0 Å². The molecule has 0 saturated heterocycles. The van der Waals surface area contributed by atoms with E-state index in [-0.39, 0.29) is 10.8 Å². The van der Waals surface area contributed by atoms with E-state index >= 15 is 0 Å². The monoisotopic (exact) mass is 392 g/mol. The quantitative estimate of drug-likeness (QED) is 0.320. The van der Waals surface area contributed by atoms with Gasteiger partial charge in [0.25, 0.3) is 0 Å². The zero-order valence-corrected chi connectivity index (χ0v) is 19.1. The first-order valence-corrected chi connectivity index (χ1v) is 10.9. The van der Waals surface area contributed by atoms with Crippen molar-refractivity contribution in [1.82, 2.24) is 0 Å². The van der Waals surface area contributed by atoms with Gasteiger partial charge in [0.05, 0.1) is 0 Å². The van der Waals surface area contributed by atoms with E-state index in [1.807, 2.05) is 0 Å². The van der Waals surface area contributed by atoms with Gasteiger partial charge in [0, 0.05) is 0 Å². The van der Waals surface area contributed by atoms with Gasteiger partial charge in [-0.15, -0.1) is 0 Å². The molecule has 0 nitrogen and oxygen atoms in total. The van der Waals surface area contributed by atoms with Gasteiger partial charge in [-0.3, -0.25) is 0 Å². The van der Waals surface area contributed by atoms with Crippen molar-refractivity contribution in [1.29, 1.82) is 0 Å². The Morgan fingerprint density at radius 3 is 1.60 bits per heavy atom. The minimum Gasteiger partial charge on any atom is -0.0622 e. The number of rotatable bonds is 2. The van der Waals surface area contributed by atoms with Crippen molar-refractivity contribution in [2.75, 3.05) is 0 Å². The molecule has 0 radical (unpaired) electrons. The molecule has 4 aromatic rings. The van der Waals surface area contributed by atoms with Crippen LogP contribution in [-0.2, 0) is 10.8 Å². The molecule has 0 saturated carbocycles. The van der Waals surface area contributed by atoms with Crippen LogP contribution in [0.2, 0.25) is 0 Å². The maximum absolute atomic E-state index is 2.44. The molecule has 0 amide bonds. The van der Waals surface area contributed by atoms with Crippen LogP contribution in [0, 0.1) is 0 Å². The van der Waals surface area contributed by atoms with E-state index in [0.717, 1.165) is 0 Å². The summed E-state index contributed by atoms with van der Waals surface area (Å²) in [5.74, 6) is 0. The molecule has 4 rings (SSSR count). The molecule has 30 heavy (non-hydrogen) atoms. The third-order valence-electron chi connectivity index (χ3n) is 5.96. The molecule has 0 spiro atoms. The fraction of sp³-hybridized carbons (Fsp3) is 0.267. The second kappa shape index (κ2) is 7.43. The lowest BCUT2D eigenvalue weighted by atomic mass is 9.76. The van der Waals surface area contributed by atoms with Gasteiger partial charge in [-0.25, -0.2) is 0 Å². The van der Waals surface area contributed by atoms with Crippen LogP contribution in [0.1, 0.15) is 52.7 Å². The maximum atomic E-state index is 2.44. The first-order chi connectivity index (χ1) is 14.2. The predicted octanol–water partition coefficient (Wildman–Crippen LogP) is 8.77. The Morgan fingerprint density at radius 2 is 1.07 bits per heavy atom. The molecule has 0 heteroatoms. The summed E-state index contributed by atoms with van der Waals surface area (Å²) in [5.41, 5.74) is 8.15. The Hall–Kier alpha value is -2.86. The first-order valence-electron chi connectivity index (χ1n) is 10.9. The van der Waals surface area contributed by atoms with Gasteiger partial charge in [0.1, 0.15) is 0 Å². The normalized spacial score (nSPS) is 12.3. The summed E-state index contributed by atoms with van der Waals surface area (Å²) in [6.07, 6.45) is 0. The van der Waals surface area contributed by atoms with Crippen LogP contribution in [0.5, 0.6) is 0 Å². The SMILES string of the molecule is CC(C)(C)c1ccc2c(-c3ccccc3)c(C(C)(C)C)cc(-c3ccccc3)c2c1. The van der Waals surface area contributed by atoms with Crippen LogP contribution in [0.25, 0.3) is 33.0 Å². The molecule has 4 aromatic carbocycles. The van der Waals surface area contributed by atoms with Crippen LogP contribution in [0.4, 0.5) is 0 Å². The second-order valence-electron chi connectivity index (χ2n) is 10.3. The molecule has 0 heterocycles. The fourth-order valence-corrected chi connectivity index (χ4v) is 4.25. The van der Waals surface area contributed by atoms with Gasteiger partial charge in [0.2, 0.25) is 0 Å². The van der Waals surface area contributed by atoms with Crippen molar-refractivity contribution in [2.45, 2.75) is 52.4 Å². The second-order valence-corrected chi connectivity index (χ2v) is 10.3. The Labute approximate surface area is 181 Å². The van der Waals surface area contributed by atoms with Crippen molar-refractivity contribution < 1.29 is 0 Å². The summed E-state index contributed by atoms with van der Waals surface area (Å²) in [6.45, 7) is 13.8. The standard InChI is InChI=1S/C30H32/c1-29(2,3)23-17-18-24-26(19-23)25(21-13-9-7-10-14-21)20-27(30(4,5)6)28(24)22-15-11-8-12-16-22/h7-20H,1-6H3. The van der Waals surface area contributed by atoms with Crippen molar-refractivity contribution in [2.24, 2.45) is 0 Å². The molecule has 0 aliphatic rings. The molecular weight excluding hydrogens is 360 g/mol. The smallest absolute Gasteiger partial charge is 0.00675 e. The summed E-state index contributed by atoms with van der Waals surface area (Å²) >= 11 is 0. The molecule has 0 bridgehead atoms. The topological polar surface area (TPSA) is 0 Å². The Bertz CT molecular complexity index is 1170. The highest BCUT2D eigenvalue weighted by molar-refractivity contribution is 6.07. The molecule has 0 N–H and O–H groups in total. The van der Waals surface area contributed by atoms with Gasteiger partial charge in [-0.1, -0.05) is 114 Å². The molecular formula is C30H32. The van der Waals surface area contributed by atoms with E-state index in [2.05, 4.69) is 126 Å². The highest BCUT2D eigenvalue weighted by Gasteiger charge is 2.24. The highest BCUT2D eigenvalue weighted by atomic mass is 14.3. The minimum absolute atomic E-state index is 0.0333. The number of hydrogen-bond acceptors (Lipinski definition) is 0. The predicted molar refractivity (Wildman–Crippen MR) is 132 cm³/mol. The number of hydrogen-bond donors (Lipinski definition) is 0. The fourth-order valence-electron chi connectivity index (χ4n) is 4.25. The summed E-state index contributed by atoms with van der Waals surface area (Å²) in [4.78, 5) is 0. The van der Waals surface area contributed by atoms with Crippen LogP contribution >= 0.6 is 0 Å². The largest absolute Gasteiger partial charge is 0.0622 e. The minimum atomic E-state index is 0.0333. The summed E-state index contributed by atoms with van der Waals surface area (Å²) in [5, 5.41) is 2.67. The molecule has 0 fully saturated rings. The molecule has 0 aromatic heterocycles. The van der Waals surface area contributed by atoms with Gasteiger partial charge in [0.15, 0.2) is 0 Å². The van der Waals surface area contributed by atoms with Gasteiger partial charge in [-0.05, 0) is 67.1 Å². The Balaban J connectivity index is 2.18. The zero-order valence-electron chi connectivity index (χ0n) is 19.1. The van der Waals surface area contributed by atoms with E-state index < -0.39 is 0 Å². The maximum Gasteiger partial charge on any atom is -0.00675 e. The average Bonchev–Trinajstić information content (AvgIpc) is 2.72. The zero-order chi connectivity index (χ0) is 21.5. The van der Waals surface area contributed by atoms with E-state index in [4.69, 9.17) is 0 Å². The van der Waals surface area contributed by atoms with E-state index in [1.165, 1.54) is 44.2 Å². The third-order valence-corrected chi connectivity index (χ3v) is 5.96. The summed E-state index contributed by atoms with van der Waals surface area (Å²) < 4.78 is 0. The van der Waals surface area contributed by atoms with Crippen LogP contribution < -0.4 is 0 Å². The Kier molecular flexibility index (Phi) is 5.06. The number of fused-ring (bicyclic) bond motifs is 1. The van der Waals surface area contributed by atoms with E-state index in [0.29, 0.717) is 0 Å². The van der Waals surface area contributed by atoms with Crippen molar-refractivity contribution in [3.63, 3.8) is 0 Å².